The van der Waals surface area contributed by atoms with Gasteiger partial charge in [0, 0.05) is 11.3 Å². The molecule has 0 radical (unpaired) electrons. The van der Waals surface area contributed by atoms with Crippen molar-refractivity contribution in [2.45, 2.75) is 0 Å². The second-order valence-electron chi connectivity index (χ2n) is 9.61. The molecule has 172 valence electrons. The lowest BCUT2D eigenvalue weighted by Gasteiger charge is -2.13. The van der Waals surface area contributed by atoms with Crippen LogP contribution < -0.4 is 0 Å². The molecular formula is C35H22N2. The molecule has 1 aliphatic carbocycles. The molecule has 0 fully saturated rings. The third kappa shape index (κ3) is 2.96. The number of hydrogen-bond acceptors (Lipinski definition) is 1. The molecule has 0 bridgehead atoms. The molecule has 0 saturated heterocycles. The van der Waals surface area contributed by atoms with E-state index < -0.39 is 0 Å². The first-order chi connectivity index (χ1) is 18.4. The predicted octanol–water partition coefficient (Wildman–Crippen LogP) is 9.16. The molecule has 0 saturated carbocycles. The summed E-state index contributed by atoms with van der Waals surface area (Å²) in [5.41, 5.74) is 12.1. The SMILES string of the molecule is c1ccc(-c2nc3ccccc3n2-c2cccc(-c3ccc4c5c(cccc35)-c3ccccc3-4)c2)cc1. The maximum atomic E-state index is 5.03. The Morgan fingerprint density at radius 2 is 1.11 bits per heavy atom. The lowest BCUT2D eigenvalue weighted by Crippen LogP contribution is -1.98. The van der Waals surface area contributed by atoms with Gasteiger partial charge in [0.2, 0.25) is 0 Å². The van der Waals surface area contributed by atoms with E-state index in [-0.39, 0.29) is 0 Å². The molecule has 1 aromatic heterocycles. The molecular weight excluding hydrogens is 448 g/mol. The molecule has 7 aromatic rings. The number of para-hydroxylation sites is 2. The zero-order chi connectivity index (χ0) is 24.3. The van der Waals surface area contributed by atoms with E-state index >= 15 is 0 Å². The molecule has 0 aliphatic heterocycles. The molecule has 6 aromatic carbocycles. The predicted molar refractivity (Wildman–Crippen MR) is 154 cm³/mol. The van der Waals surface area contributed by atoms with Gasteiger partial charge in [-0.3, -0.25) is 4.57 Å². The van der Waals surface area contributed by atoms with Crippen LogP contribution in [0.1, 0.15) is 0 Å². The van der Waals surface area contributed by atoms with Gasteiger partial charge < -0.3 is 0 Å². The second kappa shape index (κ2) is 7.78. The van der Waals surface area contributed by atoms with Crippen molar-refractivity contribution in [1.82, 2.24) is 9.55 Å². The molecule has 37 heavy (non-hydrogen) atoms. The monoisotopic (exact) mass is 470 g/mol. The fraction of sp³-hybridized carbons (Fsp3) is 0. The number of rotatable bonds is 3. The normalized spacial score (nSPS) is 11.8. The van der Waals surface area contributed by atoms with Crippen molar-refractivity contribution < 1.29 is 0 Å². The maximum Gasteiger partial charge on any atom is 0.145 e. The Morgan fingerprint density at radius 1 is 0.459 bits per heavy atom. The quantitative estimate of drug-likeness (QED) is 0.252. The van der Waals surface area contributed by atoms with Crippen LogP contribution in [0.15, 0.2) is 133 Å². The summed E-state index contributed by atoms with van der Waals surface area (Å²) in [4.78, 5) is 5.03. The van der Waals surface area contributed by atoms with E-state index in [1.165, 1.54) is 44.2 Å². The van der Waals surface area contributed by atoms with Crippen molar-refractivity contribution in [2.75, 3.05) is 0 Å². The first kappa shape index (κ1) is 20.3. The van der Waals surface area contributed by atoms with Gasteiger partial charge in [0.15, 0.2) is 0 Å². The first-order valence-corrected chi connectivity index (χ1v) is 12.7. The third-order valence-electron chi connectivity index (χ3n) is 7.56. The number of aromatic nitrogens is 2. The lowest BCUT2D eigenvalue weighted by atomic mass is 9.94. The van der Waals surface area contributed by atoms with Crippen LogP contribution in [0.2, 0.25) is 0 Å². The average Bonchev–Trinajstić information content (AvgIpc) is 3.52. The van der Waals surface area contributed by atoms with Crippen LogP contribution in [-0.2, 0) is 0 Å². The van der Waals surface area contributed by atoms with Crippen LogP contribution >= 0.6 is 0 Å². The second-order valence-corrected chi connectivity index (χ2v) is 9.61. The topological polar surface area (TPSA) is 17.8 Å². The minimum Gasteiger partial charge on any atom is -0.292 e. The summed E-state index contributed by atoms with van der Waals surface area (Å²) in [6, 6.07) is 47.7. The van der Waals surface area contributed by atoms with Crippen LogP contribution in [0.3, 0.4) is 0 Å². The van der Waals surface area contributed by atoms with E-state index in [1.807, 2.05) is 6.07 Å². The van der Waals surface area contributed by atoms with Crippen LogP contribution in [0.5, 0.6) is 0 Å². The Labute approximate surface area is 215 Å². The summed E-state index contributed by atoms with van der Waals surface area (Å²) in [5.74, 6) is 0.954. The molecule has 0 unspecified atom stereocenters. The van der Waals surface area contributed by atoms with Crippen molar-refractivity contribution in [1.29, 1.82) is 0 Å². The van der Waals surface area contributed by atoms with E-state index in [9.17, 15) is 0 Å². The third-order valence-corrected chi connectivity index (χ3v) is 7.56. The van der Waals surface area contributed by atoms with Gasteiger partial charge in [-0.15, -0.1) is 0 Å². The highest BCUT2D eigenvalue weighted by Crippen LogP contribution is 2.49. The number of nitrogens with zero attached hydrogens (tertiary/aromatic N) is 2. The van der Waals surface area contributed by atoms with Crippen LogP contribution in [0.4, 0.5) is 0 Å². The summed E-state index contributed by atoms with van der Waals surface area (Å²) in [6.45, 7) is 0. The Kier molecular flexibility index (Phi) is 4.26. The Morgan fingerprint density at radius 3 is 1.97 bits per heavy atom. The molecule has 1 aliphatic rings. The summed E-state index contributed by atoms with van der Waals surface area (Å²) in [6.07, 6.45) is 0. The van der Waals surface area contributed by atoms with Gasteiger partial charge in [0.1, 0.15) is 5.82 Å². The van der Waals surface area contributed by atoms with E-state index in [0.717, 1.165) is 28.1 Å². The smallest absolute Gasteiger partial charge is 0.145 e. The van der Waals surface area contributed by atoms with E-state index in [0.29, 0.717) is 0 Å². The van der Waals surface area contributed by atoms with Gasteiger partial charge in [-0.1, -0.05) is 109 Å². The minimum atomic E-state index is 0.954. The standard InChI is InChI=1S/C35H22N2/c1-2-10-23(11-3-1)35-36-32-18-6-7-19-33(32)37(35)25-13-8-12-24(22-25)26-20-21-31-28-15-5-4-14-27(28)30-17-9-16-29(26)34(30)31/h1-22H. The van der Waals surface area contributed by atoms with E-state index in [1.54, 1.807) is 0 Å². The first-order valence-electron chi connectivity index (χ1n) is 12.7. The fourth-order valence-corrected chi connectivity index (χ4v) is 5.94. The molecule has 0 amide bonds. The van der Waals surface area contributed by atoms with Crippen molar-refractivity contribution in [3.63, 3.8) is 0 Å². The van der Waals surface area contributed by atoms with Crippen molar-refractivity contribution >= 4 is 21.8 Å². The Hall–Kier alpha value is -4.95. The van der Waals surface area contributed by atoms with Crippen molar-refractivity contribution in [2.24, 2.45) is 0 Å². The molecule has 8 rings (SSSR count). The van der Waals surface area contributed by atoms with Gasteiger partial charge >= 0.3 is 0 Å². The Balaban J connectivity index is 1.36. The van der Waals surface area contributed by atoms with Gasteiger partial charge in [0.25, 0.3) is 0 Å². The molecule has 2 heteroatoms. The highest BCUT2D eigenvalue weighted by atomic mass is 15.1. The van der Waals surface area contributed by atoms with E-state index in [4.69, 9.17) is 4.98 Å². The average molecular weight is 471 g/mol. The molecule has 1 heterocycles. The minimum absolute atomic E-state index is 0.954. The fourth-order valence-electron chi connectivity index (χ4n) is 5.94. The number of fused-ring (bicyclic) bond motifs is 4. The van der Waals surface area contributed by atoms with Gasteiger partial charge in [0.05, 0.1) is 11.0 Å². The van der Waals surface area contributed by atoms with Crippen molar-refractivity contribution in [3.05, 3.63) is 133 Å². The van der Waals surface area contributed by atoms with Crippen LogP contribution in [0, 0.1) is 0 Å². The summed E-state index contributed by atoms with van der Waals surface area (Å²) < 4.78 is 2.28. The maximum absolute atomic E-state index is 5.03. The van der Waals surface area contributed by atoms with Gasteiger partial charge in [-0.2, -0.15) is 0 Å². The lowest BCUT2D eigenvalue weighted by molar-refractivity contribution is 1.10. The largest absolute Gasteiger partial charge is 0.292 e. The highest BCUT2D eigenvalue weighted by molar-refractivity contribution is 6.18. The zero-order valence-electron chi connectivity index (χ0n) is 20.1. The summed E-state index contributed by atoms with van der Waals surface area (Å²) in [5, 5.41) is 2.65. The van der Waals surface area contributed by atoms with Gasteiger partial charge in [-0.05, 0) is 68.4 Å². The van der Waals surface area contributed by atoms with Gasteiger partial charge in [-0.25, -0.2) is 4.98 Å². The highest BCUT2D eigenvalue weighted by Gasteiger charge is 2.22. The summed E-state index contributed by atoms with van der Waals surface area (Å²) in [7, 11) is 0. The number of imidazole rings is 1. The van der Waals surface area contributed by atoms with E-state index in [2.05, 4.69) is 132 Å². The molecule has 2 nitrogen and oxygen atoms in total. The van der Waals surface area contributed by atoms with Crippen molar-refractivity contribution in [3.8, 4) is 50.5 Å². The number of benzene rings is 6. The molecule has 0 atom stereocenters. The molecule has 0 N–H and O–H groups in total. The molecule has 0 spiro atoms. The van der Waals surface area contributed by atoms with Crippen LogP contribution in [0.25, 0.3) is 72.3 Å². The summed E-state index contributed by atoms with van der Waals surface area (Å²) >= 11 is 0. The van der Waals surface area contributed by atoms with Crippen LogP contribution in [-0.4, -0.2) is 9.55 Å². The zero-order valence-corrected chi connectivity index (χ0v) is 20.1. The Bertz CT molecular complexity index is 1950. The number of hydrogen-bond donors (Lipinski definition) is 0.